The Bertz CT molecular complexity index is 3200. The second kappa shape index (κ2) is 13.6. The van der Waals surface area contributed by atoms with Gasteiger partial charge in [0.2, 0.25) is 0 Å². The number of hydrogen-bond acceptors (Lipinski definition) is 6. The number of aromatic nitrogens is 5. The molecule has 0 aliphatic heterocycles. The highest BCUT2D eigenvalue weighted by atomic mass is 31.2. The van der Waals surface area contributed by atoms with Crippen molar-refractivity contribution in [2.24, 2.45) is 0 Å². The fourth-order valence-corrected chi connectivity index (χ4v) is 10.7. The molecule has 6 aromatic heterocycles. The van der Waals surface area contributed by atoms with E-state index in [4.69, 9.17) is 4.42 Å². The minimum absolute atomic E-state index is 0.753. The maximum Gasteiger partial charge on any atom is 0.171 e. The van der Waals surface area contributed by atoms with Crippen molar-refractivity contribution < 1.29 is 8.98 Å². The third-order valence-electron chi connectivity index (χ3n) is 11.0. The number of rotatable bonds is 7. The van der Waals surface area contributed by atoms with Crippen LogP contribution in [0.25, 0.3) is 83.1 Å². The molecule has 11 aromatic rings. The summed E-state index contributed by atoms with van der Waals surface area (Å²) < 4.78 is 24.3. The molecule has 0 aliphatic rings. The third kappa shape index (κ3) is 5.55. The molecule has 11 rings (SSSR count). The zero-order valence-corrected chi connectivity index (χ0v) is 31.9. The number of benzene rings is 5. The van der Waals surface area contributed by atoms with Gasteiger partial charge in [0.05, 0.1) is 22.4 Å². The zero-order chi connectivity index (χ0) is 38.6. The third-order valence-corrected chi connectivity index (χ3v) is 14.1. The van der Waals surface area contributed by atoms with Crippen molar-refractivity contribution in [1.82, 2.24) is 24.5 Å². The summed E-state index contributed by atoms with van der Waals surface area (Å²) in [5, 5.41) is 6.42. The first-order valence-electron chi connectivity index (χ1n) is 19.0. The van der Waals surface area contributed by atoms with E-state index in [9.17, 15) is 0 Å². The average molecular weight is 766 g/mol. The molecule has 6 heterocycles. The second-order valence-corrected chi connectivity index (χ2v) is 17.1. The predicted octanol–water partition coefficient (Wildman–Crippen LogP) is 10.9. The van der Waals surface area contributed by atoms with E-state index in [1.807, 2.05) is 146 Å². The Morgan fingerprint density at radius 3 is 1.43 bits per heavy atom. The lowest BCUT2D eigenvalue weighted by atomic mass is 10.0. The highest BCUT2D eigenvalue weighted by Gasteiger charge is 2.30. The summed E-state index contributed by atoms with van der Waals surface area (Å²) in [5.74, 6) is 0. The van der Waals surface area contributed by atoms with Gasteiger partial charge in [0.25, 0.3) is 0 Å². The topological polar surface area (TPSA) is 86.7 Å². The molecule has 8 heteroatoms. The Morgan fingerprint density at radius 2 is 0.914 bits per heavy atom. The first-order valence-corrected chi connectivity index (χ1v) is 20.7. The quantitative estimate of drug-likeness (QED) is 0.150. The summed E-state index contributed by atoms with van der Waals surface area (Å²) >= 11 is 0. The SMILES string of the molecule is O=P(c1ccc(-c2ccc3oc4ccc(-n5c6ccncc6c6cnccc65)cc4c3c2)cc1)(c1ccc(-c2ccccn2)cc1)c1ccc(-c2ccccn2)cc1. The Hall–Kier alpha value is -7.47. The molecule has 58 heavy (non-hydrogen) atoms. The average Bonchev–Trinajstić information content (AvgIpc) is 3.84. The largest absolute Gasteiger partial charge is 0.456 e. The standard InChI is InChI=1S/C50H32N5O2P/c56-58(39-17-9-34(10-18-39)45-5-1-3-25-53-45,40-19-11-35(12-20-40)46-6-2-4-26-54-46)38-15-7-33(8-16-38)36-13-21-49-41(29-36)42-30-37(14-22-50(42)57-49)55-47-23-27-51-31-43(47)44-32-52-28-24-48(44)55/h1-32H. The Balaban J connectivity index is 0.988. The van der Waals surface area contributed by atoms with Gasteiger partial charge in [-0.25, -0.2) is 0 Å². The van der Waals surface area contributed by atoms with Gasteiger partial charge in [-0.05, 0) is 77.9 Å². The molecule has 5 aromatic carbocycles. The Kier molecular flexibility index (Phi) is 7.95. The molecule has 7 nitrogen and oxygen atoms in total. The van der Waals surface area contributed by atoms with Crippen LogP contribution in [0.5, 0.6) is 0 Å². The van der Waals surface area contributed by atoms with Crippen molar-refractivity contribution >= 4 is 66.8 Å². The van der Waals surface area contributed by atoms with Crippen LogP contribution in [0, 0.1) is 0 Å². The van der Waals surface area contributed by atoms with Gasteiger partial charge in [-0.15, -0.1) is 0 Å². The lowest BCUT2D eigenvalue weighted by Crippen LogP contribution is -2.25. The van der Waals surface area contributed by atoms with Gasteiger partial charge in [-0.1, -0.05) is 91.0 Å². The van der Waals surface area contributed by atoms with Crippen LogP contribution in [-0.4, -0.2) is 24.5 Å². The van der Waals surface area contributed by atoms with Gasteiger partial charge in [0.1, 0.15) is 11.2 Å². The van der Waals surface area contributed by atoms with Crippen LogP contribution in [0.15, 0.2) is 199 Å². The van der Waals surface area contributed by atoms with E-state index in [-0.39, 0.29) is 0 Å². The van der Waals surface area contributed by atoms with Gasteiger partial charge in [-0.3, -0.25) is 19.9 Å². The van der Waals surface area contributed by atoms with Crippen LogP contribution < -0.4 is 15.9 Å². The smallest absolute Gasteiger partial charge is 0.171 e. The van der Waals surface area contributed by atoms with Gasteiger partial charge >= 0.3 is 0 Å². The summed E-state index contributed by atoms with van der Waals surface area (Å²) in [4.78, 5) is 17.8. The van der Waals surface area contributed by atoms with Crippen molar-refractivity contribution in [2.75, 3.05) is 0 Å². The molecular weight excluding hydrogens is 734 g/mol. The molecule has 274 valence electrons. The second-order valence-electron chi connectivity index (χ2n) is 14.3. The highest BCUT2D eigenvalue weighted by Crippen LogP contribution is 2.44. The molecule has 0 aliphatic carbocycles. The zero-order valence-electron chi connectivity index (χ0n) is 31.0. The van der Waals surface area contributed by atoms with Crippen LogP contribution in [0.1, 0.15) is 0 Å². The summed E-state index contributed by atoms with van der Waals surface area (Å²) in [7, 11) is -3.30. The van der Waals surface area contributed by atoms with Crippen LogP contribution >= 0.6 is 7.14 Å². The number of furan rings is 1. The molecule has 0 fully saturated rings. The van der Waals surface area contributed by atoms with Crippen LogP contribution in [0.3, 0.4) is 0 Å². The number of hydrogen-bond donors (Lipinski definition) is 0. The lowest BCUT2D eigenvalue weighted by molar-refractivity contribution is 0.592. The van der Waals surface area contributed by atoms with E-state index < -0.39 is 7.14 Å². The first-order chi connectivity index (χ1) is 28.6. The minimum atomic E-state index is -3.30. The molecule has 0 bridgehead atoms. The monoisotopic (exact) mass is 765 g/mol. The molecule has 0 saturated heterocycles. The van der Waals surface area contributed by atoms with Gasteiger partial charge in [0, 0.05) is 91.5 Å². The maximum absolute atomic E-state index is 15.7. The summed E-state index contributed by atoms with van der Waals surface area (Å²) in [5.41, 5.74) is 10.5. The number of pyridine rings is 4. The summed E-state index contributed by atoms with van der Waals surface area (Å²) in [6, 6.07) is 52.5. The van der Waals surface area contributed by atoms with Gasteiger partial charge in [0.15, 0.2) is 7.14 Å². The first kappa shape index (κ1) is 33.8. The van der Waals surface area contributed by atoms with Crippen molar-refractivity contribution in [3.05, 3.63) is 195 Å². The molecule has 0 amide bonds. The van der Waals surface area contributed by atoms with Crippen molar-refractivity contribution in [3.8, 4) is 39.3 Å². The maximum atomic E-state index is 15.7. The highest BCUT2D eigenvalue weighted by molar-refractivity contribution is 7.85. The Labute approximate surface area is 333 Å². The normalized spacial score (nSPS) is 11.9. The number of nitrogens with zero attached hydrogens (tertiary/aromatic N) is 5. The fraction of sp³-hybridized carbons (Fsp3) is 0. The van der Waals surface area contributed by atoms with E-state index in [0.717, 1.165) is 99.0 Å². The van der Waals surface area contributed by atoms with E-state index in [2.05, 4.69) is 60.9 Å². The molecular formula is C50H32N5O2P. The Morgan fingerprint density at radius 1 is 0.431 bits per heavy atom. The molecule has 0 radical (unpaired) electrons. The minimum Gasteiger partial charge on any atom is -0.456 e. The molecule has 0 saturated carbocycles. The molecule has 0 N–H and O–H groups in total. The van der Waals surface area contributed by atoms with E-state index in [1.165, 1.54) is 0 Å². The summed E-state index contributed by atoms with van der Waals surface area (Å²) in [6.07, 6.45) is 11.0. The van der Waals surface area contributed by atoms with E-state index in [1.54, 1.807) is 12.4 Å². The van der Waals surface area contributed by atoms with Crippen LogP contribution in [0.4, 0.5) is 0 Å². The lowest BCUT2D eigenvalue weighted by Gasteiger charge is -2.21. The van der Waals surface area contributed by atoms with E-state index >= 15 is 4.57 Å². The fourth-order valence-electron chi connectivity index (χ4n) is 8.13. The van der Waals surface area contributed by atoms with Crippen LogP contribution in [0.2, 0.25) is 0 Å². The molecule has 0 unspecified atom stereocenters. The van der Waals surface area contributed by atoms with Crippen molar-refractivity contribution in [2.45, 2.75) is 0 Å². The summed E-state index contributed by atoms with van der Waals surface area (Å²) in [6.45, 7) is 0. The predicted molar refractivity (Wildman–Crippen MR) is 235 cm³/mol. The number of fused-ring (bicyclic) bond motifs is 6. The van der Waals surface area contributed by atoms with Crippen molar-refractivity contribution in [1.29, 1.82) is 0 Å². The van der Waals surface area contributed by atoms with Crippen molar-refractivity contribution in [3.63, 3.8) is 0 Å². The van der Waals surface area contributed by atoms with E-state index in [0.29, 0.717) is 0 Å². The molecule has 0 atom stereocenters. The van der Waals surface area contributed by atoms with Crippen LogP contribution in [-0.2, 0) is 4.57 Å². The van der Waals surface area contributed by atoms with Gasteiger partial charge in [-0.2, -0.15) is 0 Å². The molecule has 0 spiro atoms. The van der Waals surface area contributed by atoms with Gasteiger partial charge < -0.3 is 13.5 Å².